The maximum absolute atomic E-state index is 6.60. The summed E-state index contributed by atoms with van der Waals surface area (Å²) in [7, 11) is 0. The molecule has 3 aromatic heterocycles. The van der Waals surface area contributed by atoms with E-state index < -0.39 is 0 Å². The summed E-state index contributed by atoms with van der Waals surface area (Å²) in [5.74, 6) is 0. The Morgan fingerprint density at radius 2 is 1.78 bits per heavy atom. The average Bonchev–Trinajstić information content (AvgIpc) is 3.37. The van der Waals surface area contributed by atoms with Gasteiger partial charge in [-0.05, 0) is 68.3 Å². The summed E-state index contributed by atoms with van der Waals surface area (Å²) >= 11 is 0. The maximum atomic E-state index is 6.60. The minimum Gasteiger partial charge on any atom is -0.321 e. The van der Waals surface area contributed by atoms with Crippen LogP contribution in [0.1, 0.15) is 50.3 Å². The first-order valence-corrected chi connectivity index (χ1v) is 13.1. The number of nitrogens with zero attached hydrogens (tertiary/aromatic N) is 4. The molecule has 6 nitrogen and oxygen atoms in total. The molecule has 2 fully saturated rings. The highest BCUT2D eigenvalue weighted by atomic mass is 15.4. The molecule has 2 aliphatic rings. The first kappa shape index (κ1) is 21.7. The van der Waals surface area contributed by atoms with Crippen molar-refractivity contribution in [2.24, 2.45) is 5.73 Å². The summed E-state index contributed by atoms with van der Waals surface area (Å²) in [5.41, 5.74) is 14.1. The van der Waals surface area contributed by atoms with Crippen LogP contribution in [-0.4, -0.2) is 21.3 Å². The molecule has 7 rings (SSSR count). The first-order valence-electron chi connectivity index (χ1n) is 13.1. The summed E-state index contributed by atoms with van der Waals surface area (Å²) in [5, 5.41) is 9.53. The molecule has 1 aliphatic heterocycles. The highest BCUT2D eigenvalue weighted by Gasteiger charge is 2.34. The number of piperidine rings is 1. The molecule has 2 aromatic carbocycles. The molecule has 0 amide bonds. The second kappa shape index (κ2) is 8.50. The van der Waals surface area contributed by atoms with Crippen molar-refractivity contribution in [3.8, 4) is 22.4 Å². The third-order valence-electron chi connectivity index (χ3n) is 8.09. The monoisotopic (exact) mass is 475 g/mol. The van der Waals surface area contributed by atoms with Crippen LogP contribution >= 0.6 is 0 Å². The van der Waals surface area contributed by atoms with Crippen LogP contribution in [-0.2, 0) is 5.54 Å². The van der Waals surface area contributed by atoms with Gasteiger partial charge in [0, 0.05) is 21.8 Å². The second-order valence-electron chi connectivity index (χ2n) is 10.4. The van der Waals surface area contributed by atoms with Gasteiger partial charge in [-0.25, -0.2) is 9.38 Å². The van der Waals surface area contributed by atoms with Gasteiger partial charge in [0.15, 0.2) is 6.17 Å². The Morgan fingerprint density at radius 3 is 2.50 bits per heavy atom. The predicted molar refractivity (Wildman–Crippen MR) is 142 cm³/mol. The first-order chi connectivity index (χ1) is 17.7. The fourth-order valence-corrected chi connectivity index (χ4v) is 5.83. The van der Waals surface area contributed by atoms with Crippen LogP contribution in [0.25, 0.3) is 38.9 Å². The Morgan fingerprint density at radius 1 is 0.944 bits per heavy atom. The molecule has 0 bridgehead atoms. The van der Waals surface area contributed by atoms with Gasteiger partial charge in [-0.1, -0.05) is 59.3 Å². The van der Waals surface area contributed by atoms with Crippen molar-refractivity contribution in [2.45, 2.75) is 50.2 Å². The fourth-order valence-electron chi connectivity index (χ4n) is 5.83. The molecule has 0 spiro atoms. The van der Waals surface area contributed by atoms with Crippen LogP contribution in [0.4, 0.5) is 0 Å². The van der Waals surface area contributed by atoms with Crippen molar-refractivity contribution in [3.05, 3.63) is 84.8 Å². The Balaban J connectivity index is 1.43. The largest absolute Gasteiger partial charge is 0.321 e. The number of rotatable bonds is 4. The van der Waals surface area contributed by atoms with Crippen molar-refractivity contribution < 1.29 is 4.40 Å². The van der Waals surface area contributed by atoms with E-state index in [0.717, 1.165) is 64.7 Å². The van der Waals surface area contributed by atoms with Gasteiger partial charge >= 0.3 is 0 Å². The molecule has 5 aromatic rings. The summed E-state index contributed by atoms with van der Waals surface area (Å²) in [4.78, 5) is 5.26. The Labute approximate surface area is 210 Å². The van der Waals surface area contributed by atoms with E-state index in [4.69, 9.17) is 15.8 Å². The lowest BCUT2D eigenvalue weighted by molar-refractivity contribution is -0.511. The van der Waals surface area contributed by atoms with Gasteiger partial charge in [0.2, 0.25) is 0 Å². The van der Waals surface area contributed by atoms with Crippen LogP contribution < -0.4 is 15.5 Å². The average molecular weight is 476 g/mol. The lowest BCUT2D eigenvalue weighted by Crippen LogP contribution is -2.43. The van der Waals surface area contributed by atoms with Crippen molar-refractivity contribution in [3.63, 3.8) is 0 Å². The summed E-state index contributed by atoms with van der Waals surface area (Å²) in [6, 6.07) is 23.7. The minimum atomic E-state index is -0.161. The summed E-state index contributed by atoms with van der Waals surface area (Å²) in [6.45, 7) is 1.03. The fraction of sp³-hybridized carbons (Fsp3) is 0.300. The maximum Gasteiger partial charge on any atom is 0.276 e. The number of nitrogens with two attached hydrogens (primary N) is 1. The van der Waals surface area contributed by atoms with Crippen molar-refractivity contribution in [1.82, 2.24) is 20.1 Å². The van der Waals surface area contributed by atoms with Crippen LogP contribution in [0.2, 0.25) is 0 Å². The number of hydrogen-bond acceptors (Lipinski definition) is 4. The molecule has 0 radical (unpaired) electrons. The highest BCUT2D eigenvalue weighted by Crippen LogP contribution is 2.40. The number of aromatic nitrogens is 4. The van der Waals surface area contributed by atoms with Crippen molar-refractivity contribution in [2.75, 3.05) is 6.54 Å². The standard InChI is InChI=1S/C30H31N6/c31-30(15-6-16-30)23-12-10-22(11-13-23)28-24(21-7-2-1-3-8-21)19-25-26(34-28)14-18-35-20-33-36(29(25)35)27-9-4-5-17-32-27/h1-3,7-8,10-14,18-20,27,32H,4-6,9,15-17,31H2/q+1. The van der Waals surface area contributed by atoms with Crippen LogP contribution in [0.15, 0.2) is 79.3 Å². The Bertz CT molecular complexity index is 1540. The van der Waals surface area contributed by atoms with E-state index in [1.165, 1.54) is 24.8 Å². The van der Waals surface area contributed by atoms with Crippen LogP contribution in [0.5, 0.6) is 0 Å². The minimum absolute atomic E-state index is 0.161. The lowest BCUT2D eigenvalue weighted by Gasteiger charge is -2.38. The number of nitrogens with one attached hydrogen (secondary N) is 1. The third-order valence-corrected chi connectivity index (χ3v) is 8.09. The number of fused-ring (bicyclic) bond motifs is 3. The molecular weight excluding hydrogens is 444 g/mol. The summed E-state index contributed by atoms with van der Waals surface area (Å²) in [6.07, 6.45) is 11.0. The zero-order valence-corrected chi connectivity index (χ0v) is 20.4. The number of pyridine rings is 2. The smallest absolute Gasteiger partial charge is 0.276 e. The normalized spacial score (nSPS) is 19.4. The SMILES string of the molecule is NC1(c2ccc(-c3nc4cc[n+]5cnn(C6CCCCN6)c5c4cc3-c3ccccc3)cc2)CCC1. The van der Waals surface area contributed by atoms with Gasteiger partial charge in [0.25, 0.3) is 12.0 Å². The zero-order valence-electron chi connectivity index (χ0n) is 20.4. The van der Waals surface area contributed by atoms with E-state index in [2.05, 4.69) is 87.3 Å². The molecule has 1 unspecified atom stereocenters. The van der Waals surface area contributed by atoms with Gasteiger partial charge in [-0.2, -0.15) is 0 Å². The lowest BCUT2D eigenvalue weighted by atomic mass is 9.72. The van der Waals surface area contributed by atoms with Gasteiger partial charge in [0.05, 0.1) is 22.8 Å². The topological polar surface area (TPSA) is 72.9 Å². The molecule has 6 heteroatoms. The van der Waals surface area contributed by atoms with Crippen molar-refractivity contribution in [1.29, 1.82) is 0 Å². The quantitative estimate of drug-likeness (QED) is 0.354. The molecule has 1 saturated carbocycles. The summed E-state index contributed by atoms with van der Waals surface area (Å²) < 4.78 is 4.26. The third kappa shape index (κ3) is 3.52. The predicted octanol–water partition coefficient (Wildman–Crippen LogP) is 5.11. The van der Waals surface area contributed by atoms with Gasteiger partial charge in [-0.15, -0.1) is 0 Å². The molecular formula is C30H31N6+. The van der Waals surface area contributed by atoms with Gasteiger partial charge in [0.1, 0.15) is 0 Å². The molecule has 1 atom stereocenters. The molecule has 3 N–H and O–H groups in total. The van der Waals surface area contributed by atoms with Crippen LogP contribution in [0.3, 0.4) is 0 Å². The highest BCUT2D eigenvalue weighted by molar-refractivity contribution is 5.97. The number of hydrogen-bond donors (Lipinski definition) is 2. The van der Waals surface area contributed by atoms with Crippen molar-refractivity contribution >= 4 is 16.6 Å². The second-order valence-corrected chi connectivity index (χ2v) is 10.4. The van der Waals surface area contributed by atoms with E-state index in [1.807, 2.05) is 6.33 Å². The molecule has 4 heterocycles. The van der Waals surface area contributed by atoms with Crippen LogP contribution in [0, 0.1) is 0 Å². The number of benzene rings is 2. The van der Waals surface area contributed by atoms with E-state index in [1.54, 1.807) is 0 Å². The van der Waals surface area contributed by atoms with E-state index >= 15 is 0 Å². The molecule has 1 saturated heterocycles. The Kier molecular flexibility index (Phi) is 5.11. The Hall–Kier alpha value is -3.61. The zero-order chi connectivity index (χ0) is 24.1. The molecule has 1 aliphatic carbocycles. The van der Waals surface area contributed by atoms with E-state index in [9.17, 15) is 0 Å². The van der Waals surface area contributed by atoms with E-state index in [-0.39, 0.29) is 11.7 Å². The van der Waals surface area contributed by atoms with E-state index in [0.29, 0.717) is 0 Å². The molecule has 180 valence electrons. The van der Waals surface area contributed by atoms with Gasteiger partial charge < -0.3 is 5.73 Å². The van der Waals surface area contributed by atoms with Gasteiger partial charge in [-0.3, -0.25) is 5.32 Å². The molecule has 36 heavy (non-hydrogen) atoms.